The topological polar surface area (TPSA) is 235 Å². The lowest BCUT2D eigenvalue weighted by Gasteiger charge is -2.40. The molecule has 0 amide bonds. The number of hydrogen-bond donors (Lipinski definition) is 7. The summed E-state index contributed by atoms with van der Waals surface area (Å²) >= 11 is 0. The lowest BCUT2D eigenvalue weighted by atomic mass is 9.99. The number of aromatic hydroxyl groups is 2. The van der Waals surface area contributed by atoms with Gasteiger partial charge in [0.05, 0.1) is 12.2 Å². The number of phenolic OH excluding ortho intramolecular Hbond substituents is 2. The molecule has 44 heavy (non-hydrogen) atoms. The van der Waals surface area contributed by atoms with Crippen molar-refractivity contribution in [1.82, 2.24) is 0 Å². The number of aliphatic hydroxyl groups is 5. The van der Waals surface area contributed by atoms with E-state index in [1.54, 1.807) is 0 Å². The molecule has 2 saturated heterocycles. The van der Waals surface area contributed by atoms with Gasteiger partial charge in [0.1, 0.15) is 58.7 Å². The van der Waals surface area contributed by atoms with Crippen LogP contribution in [0.4, 0.5) is 0 Å². The Hall–Kier alpha value is -3.96. The van der Waals surface area contributed by atoms with Crippen LogP contribution in [0.2, 0.25) is 0 Å². The van der Waals surface area contributed by atoms with E-state index in [2.05, 4.69) is 0 Å². The normalized spacial score (nSPS) is 32.3. The van der Waals surface area contributed by atoms with Crippen LogP contribution in [0.3, 0.4) is 0 Å². The van der Waals surface area contributed by atoms with Gasteiger partial charge in [0.2, 0.25) is 23.8 Å². The quantitative estimate of drug-likeness (QED) is 0.178. The molecule has 3 aromatic rings. The molecular formula is C29H32O15. The van der Waals surface area contributed by atoms with Gasteiger partial charge in [-0.25, -0.2) is 0 Å². The van der Waals surface area contributed by atoms with E-state index in [-0.39, 0.29) is 33.8 Å². The van der Waals surface area contributed by atoms with Crippen LogP contribution in [0.5, 0.6) is 23.0 Å². The van der Waals surface area contributed by atoms with Crippen LogP contribution in [0, 0.1) is 0 Å². The van der Waals surface area contributed by atoms with Gasteiger partial charge >= 0.3 is 5.97 Å². The highest BCUT2D eigenvalue weighted by Gasteiger charge is 2.47. The zero-order valence-electron chi connectivity index (χ0n) is 23.6. The molecule has 1 aromatic heterocycles. The number of ether oxygens (including phenoxy) is 5. The van der Waals surface area contributed by atoms with E-state index in [0.717, 1.165) is 13.0 Å². The minimum absolute atomic E-state index is 0.0974. The molecule has 0 radical (unpaired) electrons. The molecule has 0 aliphatic carbocycles. The van der Waals surface area contributed by atoms with Gasteiger partial charge in [-0.2, -0.15) is 0 Å². The van der Waals surface area contributed by atoms with Crippen LogP contribution in [0.1, 0.15) is 20.8 Å². The summed E-state index contributed by atoms with van der Waals surface area (Å²) < 4.78 is 33.5. The van der Waals surface area contributed by atoms with Crippen LogP contribution in [-0.2, 0) is 19.0 Å². The van der Waals surface area contributed by atoms with E-state index >= 15 is 0 Å². The standard InChI is InChI=1S/C29H32O15/c1-10-19(33)21(35)23(37)28(39-10)42-15-8-16(32)18-17(9-15)43-26(13-4-6-14(31)7-5-13)27(20(18)34)44-29-24(38)22(36)25(11(2)40-29)41-12(3)30/h4-11,19,21-25,28-29,31-33,35-38H,1-3H3/t10-,11-,19+,21-,22-,23+,24+,25-,28-,29+/m0/s1. The van der Waals surface area contributed by atoms with Crippen LogP contribution >= 0.6 is 0 Å². The van der Waals surface area contributed by atoms with Crippen LogP contribution in [-0.4, -0.2) is 103 Å². The number of phenols is 2. The molecule has 5 rings (SSSR count). The Morgan fingerprint density at radius 3 is 2.07 bits per heavy atom. The molecule has 2 aliphatic rings. The number of benzene rings is 2. The van der Waals surface area contributed by atoms with Crippen molar-refractivity contribution in [2.24, 2.45) is 0 Å². The number of esters is 1. The number of fused-ring (bicyclic) bond motifs is 1. The average Bonchev–Trinajstić information content (AvgIpc) is 2.97. The highest BCUT2D eigenvalue weighted by molar-refractivity contribution is 5.88. The highest BCUT2D eigenvalue weighted by Crippen LogP contribution is 2.38. The van der Waals surface area contributed by atoms with Gasteiger partial charge in [-0.3, -0.25) is 9.59 Å². The number of carbonyl (C=O) groups excluding carboxylic acids is 1. The van der Waals surface area contributed by atoms with Gasteiger partial charge in [-0.15, -0.1) is 0 Å². The van der Waals surface area contributed by atoms with Gasteiger partial charge in [-0.05, 0) is 38.1 Å². The summed E-state index contributed by atoms with van der Waals surface area (Å²) in [6, 6.07) is 7.67. The van der Waals surface area contributed by atoms with Gasteiger partial charge in [0.25, 0.3) is 0 Å². The smallest absolute Gasteiger partial charge is 0.303 e. The predicted octanol–water partition coefficient (Wildman–Crippen LogP) is -0.145. The Morgan fingerprint density at radius 2 is 1.41 bits per heavy atom. The second-order valence-electron chi connectivity index (χ2n) is 10.6. The third-order valence-corrected chi connectivity index (χ3v) is 7.41. The molecule has 7 N–H and O–H groups in total. The molecule has 2 aromatic carbocycles. The fourth-order valence-electron chi connectivity index (χ4n) is 5.05. The summed E-state index contributed by atoms with van der Waals surface area (Å²) in [5.41, 5.74) is -0.913. The molecule has 0 saturated carbocycles. The van der Waals surface area contributed by atoms with Crippen molar-refractivity contribution in [2.45, 2.75) is 82.2 Å². The van der Waals surface area contributed by atoms with Gasteiger partial charge < -0.3 is 63.8 Å². The third kappa shape index (κ3) is 5.90. The maximum atomic E-state index is 13.8. The summed E-state index contributed by atoms with van der Waals surface area (Å²) in [4.78, 5) is 25.3. The zero-order chi connectivity index (χ0) is 32.0. The highest BCUT2D eigenvalue weighted by atomic mass is 16.7. The summed E-state index contributed by atoms with van der Waals surface area (Å²) in [7, 11) is 0. The van der Waals surface area contributed by atoms with Crippen molar-refractivity contribution in [3.05, 3.63) is 46.6 Å². The summed E-state index contributed by atoms with van der Waals surface area (Å²) in [5.74, 6) is -2.34. The van der Waals surface area contributed by atoms with Crippen molar-refractivity contribution in [1.29, 1.82) is 0 Å². The van der Waals surface area contributed by atoms with E-state index < -0.39 is 84.3 Å². The van der Waals surface area contributed by atoms with Crippen LogP contribution < -0.4 is 14.9 Å². The number of carbonyl (C=O) groups is 1. The fourth-order valence-corrected chi connectivity index (χ4v) is 5.05. The molecule has 0 spiro atoms. The molecule has 10 atom stereocenters. The molecule has 0 unspecified atom stereocenters. The first-order valence-corrected chi connectivity index (χ1v) is 13.6. The molecule has 0 bridgehead atoms. The number of aliphatic hydroxyl groups excluding tert-OH is 5. The Kier molecular flexibility index (Phi) is 8.73. The first-order chi connectivity index (χ1) is 20.8. The van der Waals surface area contributed by atoms with Crippen molar-refractivity contribution >= 4 is 16.9 Å². The Balaban J connectivity index is 1.55. The van der Waals surface area contributed by atoms with Gasteiger partial charge in [0, 0.05) is 24.6 Å². The Bertz CT molecular complexity index is 1570. The van der Waals surface area contributed by atoms with Gasteiger partial charge in [0.15, 0.2) is 11.9 Å². The maximum Gasteiger partial charge on any atom is 0.303 e. The van der Waals surface area contributed by atoms with Crippen LogP contribution in [0.25, 0.3) is 22.3 Å². The van der Waals surface area contributed by atoms with E-state index in [1.807, 2.05) is 0 Å². The molecule has 15 nitrogen and oxygen atoms in total. The van der Waals surface area contributed by atoms with Crippen LogP contribution in [0.15, 0.2) is 45.6 Å². The average molecular weight is 621 g/mol. The minimum Gasteiger partial charge on any atom is -0.508 e. The second kappa shape index (κ2) is 12.2. The SMILES string of the molecule is CC(=O)O[C@@H]1[C@@H](O)[C@@H](O)[C@@H](Oc2c(-c3ccc(O)cc3)oc3cc(O[C@@H]4O[C@@H](C)[C@@H](O)[C@H](O)[C@H]4O)cc(O)c3c2=O)O[C@H]1C. The monoisotopic (exact) mass is 620 g/mol. The fraction of sp³-hybridized carbons (Fsp3) is 0.448. The molecule has 2 fully saturated rings. The second-order valence-corrected chi connectivity index (χ2v) is 10.6. The predicted molar refractivity (Wildman–Crippen MR) is 147 cm³/mol. The van der Waals surface area contributed by atoms with Crippen molar-refractivity contribution < 1.29 is 68.6 Å². The zero-order valence-corrected chi connectivity index (χ0v) is 23.6. The molecule has 2 aliphatic heterocycles. The first kappa shape index (κ1) is 31.5. The molecule has 238 valence electrons. The molecule has 15 heteroatoms. The number of rotatable bonds is 6. The maximum absolute atomic E-state index is 13.8. The Labute approximate surface area is 249 Å². The third-order valence-electron chi connectivity index (χ3n) is 7.41. The molecular weight excluding hydrogens is 588 g/mol. The van der Waals surface area contributed by atoms with Crippen molar-refractivity contribution in [3.8, 4) is 34.3 Å². The molecule has 3 heterocycles. The van der Waals surface area contributed by atoms with E-state index in [9.17, 15) is 45.3 Å². The summed E-state index contributed by atoms with van der Waals surface area (Å²) in [6.07, 6.45) is -14.3. The lowest BCUT2D eigenvalue weighted by molar-refractivity contribution is -0.272. The largest absolute Gasteiger partial charge is 0.508 e. The number of hydrogen-bond acceptors (Lipinski definition) is 15. The summed E-state index contributed by atoms with van der Waals surface area (Å²) in [5, 5.41) is 72.0. The first-order valence-electron chi connectivity index (χ1n) is 13.6. The van der Waals surface area contributed by atoms with E-state index in [4.69, 9.17) is 28.1 Å². The van der Waals surface area contributed by atoms with Crippen molar-refractivity contribution in [2.75, 3.05) is 0 Å². The van der Waals surface area contributed by atoms with E-state index in [0.29, 0.717) is 0 Å². The van der Waals surface area contributed by atoms with E-state index in [1.165, 1.54) is 44.2 Å². The van der Waals surface area contributed by atoms with Gasteiger partial charge in [-0.1, -0.05) is 0 Å². The minimum atomic E-state index is -1.79. The Morgan fingerprint density at radius 1 is 0.795 bits per heavy atom. The summed E-state index contributed by atoms with van der Waals surface area (Å²) in [6.45, 7) is 4.05. The van der Waals surface area contributed by atoms with Crippen molar-refractivity contribution in [3.63, 3.8) is 0 Å². The lowest BCUT2D eigenvalue weighted by Crippen LogP contribution is -2.59.